The molecule has 16 heavy (non-hydrogen) atoms. The van der Waals surface area contributed by atoms with Crippen molar-refractivity contribution in [3.8, 4) is 0 Å². The van der Waals surface area contributed by atoms with E-state index in [1.807, 2.05) is 0 Å². The molecule has 3 heteroatoms. The number of carboxylic acids is 1. The molecular weight excluding hydrogens is 211 g/mol. The predicted octanol–water partition coefficient (Wildman–Crippen LogP) is 4.19. The molecule has 0 heterocycles. The van der Waals surface area contributed by atoms with Crippen molar-refractivity contribution in [2.75, 3.05) is 0 Å². The van der Waals surface area contributed by atoms with E-state index in [-0.39, 0.29) is 0 Å². The number of carbonyl (C=O) groups is 1. The van der Waals surface area contributed by atoms with Crippen molar-refractivity contribution in [3.63, 3.8) is 0 Å². The van der Waals surface area contributed by atoms with Gasteiger partial charge in [0.15, 0.2) is 0 Å². The van der Waals surface area contributed by atoms with Gasteiger partial charge in [-0.2, -0.15) is 0 Å². The summed E-state index contributed by atoms with van der Waals surface area (Å²) in [6, 6.07) is 0. The van der Waals surface area contributed by atoms with Crippen molar-refractivity contribution in [1.82, 2.24) is 0 Å². The molecule has 0 bridgehead atoms. The minimum atomic E-state index is -0.659. The van der Waals surface area contributed by atoms with Crippen LogP contribution in [0, 0.1) is 0 Å². The molecular formula is C13H27NaO2. The van der Waals surface area contributed by atoms with Gasteiger partial charge in [0.1, 0.15) is 0 Å². The number of carboxylic acid groups (broad SMARTS) is 1. The first-order valence-electron chi connectivity index (χ1n) is 6.99. The molecule has 0 rings (SSSR count). The van der Waals surface area contributed by atoms with E-state index in [9.17, 15) is 4.79 Å². The summed E-state index contributed by atoms with van der Waals surface area (Å²) in [6.07, 6.45) is 11.5. The Labute approximate surface area is 119 Å². The van der Waals surface area contributed by atoms with Crippen LogP contribution in [0.5, 0.6) is 0 Å². The SMILES string of the molecule is CCCCCCCCCCCC(=O)O.[CH3][Na]. The molecule has 0 aliphatic heterocycles. The van der Waals surface area contributed by atoms with Gasteiger partial charge in [-0.05, 0) is 6.42 Å². The van der Waals surface area contributed by atoms with Crippen LogP contribution >= 0.6 is 0 Å². The van der Waals surface area contributed by atoms with Crippen LogP contribution in [-0.4, -0.2) is 39.0 Å². The van der Waals surface area contributed by atoms with Crippen LogP contribution in [0.3, 0.4) is 0 Å². The van der Waals surface area contributed by atoms with Gasteiger partial charge in [-0.3, -0.25) is 4.79 Å². The van der Waals surface area contributed by atoms with Crippen LogP contribution in [0.25, 0.3) is 0 Å². The Kier molecular flexibility index (Phi) is 21.0. The van der Waals surface area contributed by atoms with Crippen molar-refractivity contribution in [1.29, 1.82) is 0 Å². The van der Waals surface area contributed by atoms with E-state index in [0.717, 1.165) is 12.8 Å². The zero-order chi connectivity index (χ0) is 12.6. The molecule has 1 N–H and O–H groups in total. The van der Waals surface area contributed by atoms with Gasteiger partial charge in [0, 0.05) is 6.42 Å². The molecule has 0 aromatic heterocycles. The molecule has 0 aliphatic rings. The third-order valence-corrected chi connectivity index (χ3v) is 2.49. The Morgan fingerprint density at radius 3 is 1.62 bits per heavy atom. The number of aliphatic carboxylic acids is 1. The van der Waals surface area contributed by atoms with E-state index >= 15 is 0 Å². The molecule has 0 radical (unpaired) electrons. The van der Waals surface area contributed by atoms with E-state index in [1.165, 1.54) is 72.9 Å². The molecule has 0 fully saturated rings. The fraction of sp³-hybridized carbons (Fsp3) is 0.923. The van der Waals surface area contributed by atoms with Gasteiger partial charge in [-0.25, -0.2) is 0 Å². The molecule has 0 unspecified atom stereocenters. The fourth-order valence-corrected chi connectivity index (χ4v) is 1.59. The quantitative estimate of drug-likeness (QED) is 0.457. The zero-order valence-electron chi connectivity index (χ0n) is 11.4. The predicted molar refractivity (Wildman–Crippen MR) is 71.1 cm³/mol. The van der Waals surface area contributed by atoms with Crippen LogP contribution in [0.1, 0.15) is 71.1 Å². The van der Waals surface area contributed by atoms with Gasteiger partial charge >= 0.3 is 38.1 Å². The molecule has 2 nitrogen and oxygen atoms in total. The average Bonchev–Trinajstić information content (AvgIpc) is 2.29. The molecule has 92 valence electrons. The minimum absolute atomic E-state index is 0.343. The van der Waals surface area contributed by atoms with Gasteiger partial charge in [0.2, 0.25) is 0 Å². The van der Waals surface area contributed by atoms with Gasteiger partial charge in [0.25, 0.3) is 0 Å². The summed E-state index contributed by atoms with van der Waals surface area (Å²) in [7, 11) is 0. The summed E-state index contributed by atoms with van der Waals surface area (Å²) in [5.74, 6) is -0.659. The Bertz CT molecular complexity index is 138. The molecule has 0 aromatic carbocycles. The fourth-order valence-electron chi connectivity index (χ4n) is 1.59. The van der Waals surface area contributed by atoms with Crippen molar-refractivity contribution in [2.24, 2.45) is 0 Å². The van der Waals surface area contributed by atoms with Gasteiger partial charge < -0.3 is 5.11 Å². The Hall–Kier alpha value is 0.470. The average molecular weight is 238 g/mol. The normalized spacial score (nSPS) is 9.50. The van der Waals surface area contributed by atoms with E-state index in [0.29, 0.717) is 6.42 Å². The number of hydrogen-bond acceptors (Lipinski definition) is 1. The number of rotatable bonds is 10. The number of unbranched alkanes of at least 4 members (excludes halogenated alkanes) is 8. The molecule has 0 atom stereocenters. The molecule has 0 saturated carbocycles. The van der Waals surface area contributed by atoms with E-state index in [4.69, 9.17) is 5.11 Å². The van der Waals surface area contributed by atoms with E-state index < -0.39 is 5.97 Å². The second kappa shape index (κ2) is 17.9. The summed E-state index contributed by atoms with van der Waals surface area (Å²) >= 11 is 1.31. The summed E-state index contributed by atoms with van der Waals surface area (Å²) in [6.45, 7) is 2.23. The van der Waals surface area contributed by atoms with Crippen LogP contribution in [-0.2, 0) is 4.79 Å². The second-order valence-electron chi connectivity index (χ2n) is 3.97. The second-order valence-corrected chi connectivity index (χ2v) is 3.97. The zero-order valence-corrected chi connectivity index (χ0v) is 13.4. The summed E-state index contributed by atoms with van der Waals surface area (Å²) in [4.78, 5) is 10.2. The molecule has 0 aromatic rings. The summed E-state index contributed by atoms with van der Waals surface area (Å²) in [5, 5.41) is 8.41. The van der Waals surface area contributed by atoms with E-state index in [2.05, 4.69) is 11.1 Å². The Balaban J connectivity index is 0. The van der Waals surface area contributed by atoms with Gasteiger partial charge in [-0.1, -0.05) is 58.3 Å². The topological polar surface area (TPSA) is 37.3 Å². The van der Waals surface area contributed by atoms with Gasteiger partial charge in [0.05, 0.1) is 0 Å². The van der Waals surface area contributed by atoms with Crippen LogP contribution in [0.15, 0.2) is 0 Å². The Morgan fingerprint density at radius 1 is 0.875 bits per heavy atom. The standard InChI is InChI=1S/C12H24O2.CH3.Na/c1-2-3-4-5-6-7-8-9-10-11-12(13)14;;/h2-11H2,1H3,(H,13,14);1H3;. The maximum absolute atomic E-state index is 10.2. The first-order valence-corrected chi connectivity index (χ1v) is 8.99. The molecule has 0 spiro atoms. The van der Waals surface area contributed by atoms with Crippen LogP contribution in [0.2, 0.25) is 4.17 Å². The molecule has 0 aliphatic carbocycles. The third-order valence-electron chi connectivity index (χ3n) is 2.49. The number of hydrogen-bond donors (Lipinski definition) is 1. The third kappa shape index (κ3) is 20.0. The van der Waals surface area contributed by atoms with Crippen LogP contribution < -0.4 is 0 Å². The summed E-state index contributed by atoms with van der Waals surface area (Å²) < 4.78 is 2.14. The molecule has 0 saturated heterocycles. The molecule has 0 amide bonds. The summed E-state index contributed by atoms with van der Waals surface area (Å²) in [5.41, 5.74) is 0. The van der Waals surface area contributed by atoms with Crippen LogP contribution in [0.4, 0.5) is 0 Å². The van der Waals surface area contributed by atoms with Crippen molar-refractivity contribution in [3.05, 3.63) is 0 Å². The first-order chi connectivity index (χ1) is 7.77. The monoisotopic (exact) mass is 238 g/mol. The van der Waals surface area contributed by atoms with Crippen molar-refractivity contribution < 1.29 is 9.90 Å². The maximum atomic E-state index is 10.2. The first kappa shape index (κ1) is 18.8. The van der Waals surface area contributed by atoms with Crippen molar-refractivity contribution in [2.45, 2.75) is 75.3 Å². The van der Waals surface area contributed by atoms with Crippen molar-refractivity contribution >= 4 is 33.9 Å². The van der Waals surface area contributed by atoms with E-state index in [1.54, 1.807) is 0 Å². The Morgan fingerprint density at radius 2 is 1.25 bits per heavy atom. The van der Waals surface area contributed by atoms with Gasteiger partial charge in [-0.15, -0.1) is 0 Å².